The number of benzene rings is 1. The average molecular weight is 288 g/mol. The van der Waals surface area contributed by atoms with Gasteiger partial charge < -0.3 is 9.47 Å². The summed E-state index contributed by atoms with van der Waals surface area (Å²) in [5.74, 6) is 0.634. The van der Waals surface area contributed by atoms with Gasteiger partial charge in [0.05, 0.1) is 13.2 Å². The molecule has 21 heavy (non-hydrogen) atoms. The monoisotopic (exact) mass is 288 g/mol. The van der Waals surface area contributed by atoms with Gasteiger partial charge in [0, 0.05) is 32.8 Å². The van der Waals surface area contributed by atoms with Gasteiger partial charge >= 0.3 is 0 Å². The van der Waals surface area contributed by atoms with Gasteiger partial charge in [-0.05, 0) is 18.1 Å². The fourth-order valence-corrected chi connectivity index (χ4v) is 2.39. The van der Waals surface area contributed by atoms with E-state index in [4.69, 9.17) is 9.47 Å². The van der Waals surface area contributed by atoms with Crippen LogP contribution in [0, 0.1) is 0 Å². The van der Waals surface area contributed by atoms with Crippen molar-refractivity contribution in [1.82, 2.24) is 4.90 Å². The smallest absolute Gasteiger partial charge is 0.185 e. The Hall–Kier alpha value is -1.65. The minimum absolute atomic E-state index is 0.00821. The summed E-state index contributed by atoms with van der Waals surface area (Å²) in [7, 11) is 0. The SMILES string of the molecule is C=CN=C(C)OC(C)c1ccc(CN2CCOCC2)cc1. The van der Waals surface area contributed by atoms with Crippen molar-refractivity contribution in [3.8, 4) is 0 Å². The fourth-order valence-electron chi connectivity index (χ4n) is 2.39. The van der Waals surface area contributed by atoms with Crippen LogP contribution in [0.25, 0.3) is 0 Å². The molecule has 1 aliphatic heterocycles. The first kappa shape index (κ1) is 15.7. The maximum atomic E-state index is 5.72. The van der Waals surface area contributed by atoms with Crippen LogP contribution in [-0.2, 0) is 16.0 Å². The molecule has 1 heterocycles. The van der Waals surface area contributed by atoms with Gasteiger partial charge in [0.1, 0.15) is 6.10 Å². The summed E-state index contributed by atoms with van der Waals surface area (Å²) in [6.07, 6.45) is 1.49. The normalized spacial score (nSPS) is 18.3. The molecule has 1 aromatic rings. The lowest BCUT2D eigenvalue weighted by atomic mass is 10.1. The summed E-state index contributed by atoms with van der Waals surface area (Å²) >= 11 is 0. The van der Waals surface area contributed by atoms with Gasteiger partial charge in [-0.3, -0.25) is 4.90 Å². The topological polar surface area (TPSA) is 34.1 Å². The van der Waals surface area contributed by atoms with Crippen molar-refractivity contribution < 1.29 is 9.47 Å². The Morgan fingerprint density at radius 3 is 2.67 bits per heavy atom. The highest BCUT2D eigenvalue weighted by Gasteiger charge is 2.11. The van der Waals surface area contributed by atoms with Crippen LogP contribution >= 0.6 is 0 Å². The quantitative estimate of drug-likeness (QED) is 0.616. The summed E-state index contributed by atoms with van der Waals surface area (Å²) in [5, 5.41) is 0. The van der Waals surface area contributed by atoms with Crippen LogP contribution in [-0.4, -0.2) is 37.1 Å². The standard InChI is InChI=1S/C17H24N2O2/c1-4-18-15(3)21-14(2)17-7-5-16(6-8-17)13-19-9-11-20-12-10-19/h4-8,14H,1,9-13H2,2-3H3. The first-order valence-corrected chi connectivity index (χ1v) is 7.40. The predicted molar refractivity (Wildman–Crippen MR) is 85.3 cm³/mol. The molecule has 0 aliphatic carbocycles. The van der Waals surface area contributed by atoms with Gasteiger partial charge in [0.25, 0.3) is 0 Å². The van der Waals surface area contributed by atoms with E-state index in [9.17, 15) is 0 Å². The molecule has 0 N–H and O–H groups in total. The molecule has 114 valence electrons. The maximum Gasteiger partial charge on any atom is 0.185 e. The minimum atomic E-state index is -0.00821. The largest absolute Gasteiger partial charge is 0.473 e. The summed E-state index contributed by atoms with van der Waals surface area (Å²) in [5.41, 5.74) is 2.48. The molecule has 1 fully saturated rings. The van der Waals surface area contributed by atoms with Crippen LogP contribution in [0.15, 0.2) is 42.0 Å². The van der Waals surface area contributed by atoms with Crippen LogP contribution in [0.1, 0.15) is 31.1 Å². The first-order chi connectivity index (χ1) is 10.2. The maximum absolute atomic E-state index is 5.72. The average Bonchev–Trinajstić information content (AvgIpc) is 2.49. The molecule has 2 rings (SSSR count). The van der Waals surface area contributed by atoms with E-state index in [-0.39, 0.29) is 6.10 Å². The van der Waals surface area contributed by atoms with E-state index in [1.165, 1.54) is 11.8 Å². The Morgan fingerprint density at radius 2 is 2.05 bits per heavy atom. The van der Waals surface area contributed by atoms with E-state index in [0.29, 0.717) is 5.90 Å². The third kappa shape index (κ3) is 4.99. The molecule has 1 atom stereocenters. The zero-order valence-corrected chi connectivity index (χ0v) is 12.9. The van der Waals surface area contributed by atoms with Crippen molar-refractivity contribution in [3.63, 3.8) is 0 Å². The summed E-state index contributed by atoms with van der Waals surface area (Å²) in [6, 6.07) is 8.60. The number of rotatable bonds is 5. The Labute approximate surface area is 127 Å². The highest BCUT2D eigenvalue weighted by Crippen LogP contribution is 2.18. The van der Waals surface area contributed by atoms with Crippen molar-refractivity contribution in [2.24, 2.45) is 4.99 Å². The number of nitrogens with zero attached hydrogens (tertiary/aromatic N) is 2. The Balaban J connectivity index is 1.91. The van der Waals surface area contributed by atoms with E-state index in [0.717, 1.165) is 38.4 Å². The lowest BCUT2D eigenvalue weighted by molar-refractivity contribution is 0.0342. The lowest BCUT2D eigenvalue weighted by Gasteiger charge is -2.26. The molecule has 1 aromatic carbocycles. The fraction of sp³-hybridized carbons (Fsp3) is 0.471. The molecule has 1 unspecified atom stereocenters. The zero-order chi connectivity index (χ0) is 15.1. The van der Waals surface area contributed by atoms with Crippen LogP contribution in [0.4, 0.5) is 0 Å². The first-order valence-electron chi connectivity index (χ1n) is 7.40. The van der Waals surface area contributed by atoms with E-state index in [1.54, 1.807) is 0 Å². The molecule has 0 aromatic heterocycles. The summed E-state index contributed by atoms with van der Waals surface area (Å²) in [4.78, 5) is 6.44. The van der Waals surface area contributed by atoms with Crippen molar-refractivity contribution >= 4 is 5.90 Å². The van der Waals surface area contributed by atoms with E-state index in [1.807, 2.05) is 13.8 Å². The van der Waals surface area contributed by atoms with Gasteiger partial charge in [-0.2, -0.15) is 0 Å². The minimum Gasteiger partial charge on any atom is -0.473 e. The van der Waals surface area contributed by atoms with Gasteiger partial charge in [0.2, 0.25) is 0 Å². The van der Waals surface area contributed by atoms with Crippen molar-refractivity contribution in [1.29, 1.82) is 0 Å². The highest BCUT2D eigenvalue weighted by molar-refractivity contribution is 5.74. The molecular weight excluding hydrogens is 264 g/mol. The third-order valence-electron chi connectivity index (χ3n) is 3.58. The second kappa shape index (κ2) is 7.96. The molecule has 0 saturated carbocycles. The highest BCUT2D eigenvalue weighted by atomic mass is 16.5. The van der Waals surface area contributed by atoms with Gasteiger partial charge in [-0.25, -0.2) is 4.99 Å². The molecule has 0 spiro atoms. The molecular formula is C17H24N2O2. The number of ether oxygens (including phenoxy) is 2. The number of hydrogen-bond acceptors (Lipinski definition) is 4. The molecule has 0 amide bonds. The van der Waals surface area contributed by atoms with Crippen LogP contribution < -0.4 is 0 Å². The predicted octanol–water partition coefficient (Wildman–Crippen LogP) is 3.16. The molecule has 0 radical (unpaired) electrons. The van der Waals surface area contributed by atoms with Crippen molar-refractivity contribution in [3.05, 3.63) is 48.2 Å². The Kier molecular flexibility index (Phi) is 5.96. The van der Waals surface area contributed by atoms with Gasteiger partial charge in [-0.1, -0.05) is 30.8 Å². The van der Waals surface area contributed by atoms with Gasteiger partial charge in [0.15, 0.2) is 5.90 Å². The Morgan fingerprint density at radius 1 is 1.38 bits per heavy atom. The number of aliphatic imine (C=N–C) groups is 1. The number of morpholine rings is 1. The van der Waals surface area contributed by atoms with Crippen molar-refractivity contribution in [2.45, 2.75) is 26.5 Å². The summed E-state index contributed by atoms with van der Waals surface area (Å²) in [6.45, 7) is 12.1. The van der Waals surface area contributed by atoms with Crippen LogP contribution in [0.3, 0.4) is 0 Å². The van der Waals surface area contributed by atoms with E-state index in [2.05, 4.69) is 40.7 Å². The lowest BCUT2D eigenvalue weighted by Crippen LogP contribution is -2.35. The van der Waals surface area contributed by atoms with Crippen molar-refractivity contribution in [2.75, 3.05) is 26.3 Å². The molecule has 4 nitrogen and oxygen atoms in total. The molecule has 1 saturated heterocycles. The Bertz CT molecular complexity index is 476. The van der Waals surface area contributed by atoms with E-state index >= 15 is 0 Å². The zero-order valence-electron chi connectivity index (χ0n) is 12.9. The third-order valence-corrected chi connectivity index (χ3v) is 3.58. The van der Waals surface area contributed by atoms with Crippen LogP contribution in [0.2, 0.25) is 0 Å². The van der Waals surface area contributed by atoms with E-state index < -0.39 is 0 Å². The molecule has 4 heteroatoms. The molecule has 0 bridgehead atoms. The molecule has 1 aliphatic rings. The van der Waals surface area contributed by atoms with Gasteiger partial charge in [-0.15, -0.1) is 0 Å². The second-order valence-electron chi connectivity index (χ2n) is 5.22. The number of hydrogen-bond donors (Lipinski definition) is 0. The second-order valence-corrected chi connectivity index (χ2v) is 5.22. The summed E-state index contributed by atoms with van der Waals surface area (Å²) < 4.78 is 11.1. The van der Waals surface area contributed by atoms with Crippen LogP contribution in [0.5, 0.6) is 0 Å².